The van der Waals surface area contributed by atoms with Crippen LogP contribution in [0.1, 0.15) is 28.0 Å². The smallest absolute Gasteiger partial charge is 0.262 e. The highest BCUT2D eigenvalue weighted by atomic mass is 32.1. The third-order valence-electron chi connectivity index (χ3n) is 5.66. The first-order chi connectivity index (χ1) is 14.6. The molecule has 0 radical (unpaired) electrons. The van der Waals surface area contributed by atoms with Crippen LogP contribution in [0.5, 0.6) is 0 Å². The average Bonchev–Trinajstić information content (AvgIpc) is 3.33. The molecule has 0 saturated heterocycles. The van der Waals surface area contributed by atoms with E-state index >= 15 is 0 Å². The van der Waals surface area contributed by atoms with Crippen LogP contribution < -0.4 is 10.9 Å². The second-order valence-corrected chi connectivity index (χ2v) is 8.91. The van der Waals surface area contributed by atoms with E-state index < -0.39 is 0 Å². The SMILES string of the molecule is Cn1cc(CNC2CCc3c(sc4ncn(Cc5ccc(F)cc5)c(=O)c34)C2)cn1. The van der Waals surface area contributed by atoms with E-state index in [-0.39, 0.29) is 11.4 Å². The lowest BCUT2D eigenvalue weighted by molar-refractivity contribution is 0.462. The largest absolute Gasteiger partial charge is 0.309 e. The van der Waals surface area contributed by atoms with Crippen molar-refractivity contribution in [2.24, 2.45) is 7.05 Å². The number of fused-ring (bicyclic) bond motifs is 3. The van der Waals surface area contributed by atoms with Gasteiger partial charge in [-0.25, -0.2) is 9.37 Å². The normalized spacial score (nSPS) is 16.1. The minimum absolute atomic E-state index is 0.0106. The van der Waals surface area contributed by atoms with Gasteiger partial charge in [-0.05, 0) is 42.5 Å². The van der Waals surface area contributed by atoms with Crippen LogP contribution in [0.2, 0.25) is 0 Å². The van der Waals surface area contributed by atoms with E-state index in [0.29, 0.717) is 12.6 Å². The molecular formula is C22H22FN5OS. The number of nitrogens with zero attached hydrogens (tertiary/aromatic N) is 4. The molecule has 0 amide bonds. The molecule has 0 spiro atoms. The minimum atomic E-state index is -0.279. The van der Waals surface area contributed by atoms with Gasteiger partial charge in [-0.15, -0.1) is 11.3 Å². The summed E-state index contributed by atoms with van der Waals surface area (Å²) < 4.78 is 16.6. The lowest BCUT2D eigenvalue weighted by Crippen LogP contribution is -2.33. The summed E-state index contributed by atoms with van der Waals surface area (Å²) in [5.74, 6) is -0.279. The zero-order chi connectivity index (χ0) is 20.7. The summed E-state index contributed by atoms with van der Waals surface area (Å²) >= 11 is 1.63. The fourth-order valence-electron chi connectivity index (χ4n) is 4.10. The molecule has 0 bridgehead atoms. The first kappa shape index (κ1) is 19.1. The van der Waals surface area contributed by atoms with Crippen molar-refractivity contribution < 1.29 is 4.39 Å². The Labute approximate surface area is 177 Å². The van der Waals surface area contributed by atoms with Gasteiger partial charge in [-0.3, -0.25) is 14.0 Å². The number of rotatable bonds is 5. The highest BCUT2D eigenvalue weighted by molar-refractivity contribution is 7.18. The van der Waals surface area contributed by atoms with Crippen molar-refractivity contribution >= 4 is 21.6 Å². The van der Waals surface area contributed by atoms with Gasteiger partial charge in [0.25, 0.3) is 5.56 Å². The number of halogens is 1. The Morgan fingerprint density at radius 2 is 2.10 bits per heavy atom. The van der Waals surface area contributed by atoms with Gasteiger partial charge in [0.15, 0.2) is 0 Å². The van der Waals surface area contributed by atoms with Crippen LogP contribution in [0.25, 0.3) is 10.2 Å². The van der Waals surface area contributed by atoms with E-state index in [1.807, 2.05) is 24.1 Å². The lowest BCUT2D eigenvalue weighted by atomic mass is 9.93. The molecule has 1 aromatic carbocycles. The number of aromatic nitrogens is 4. The highest BCUT2D eigenvalue weighted by Crippen LogP contribution is 2.33. The first-order valence-corrected chi connectivity index (χ1v) is 10.8. The molecule has 8 heteroatoms. The van der Waals surface area contributed by atoms with E-state index in [1.54, 1.807) is 34.4 Å². The standard InChI is InChI=1S/C22H22FN5OS/c1-27-11-15(10-26-27)9-24-17-6-7-18-19(8-17)30-21-20(18)22(29)28(13-25-21)12-14-2-4-16(23)5-3-14/h2-5,10-11,13,17,24H,6-9,12H2,1H3. The minimum Gasteiger partial charge on any atom is -0.309 e. The van der Waals surface area contributed by atoms with Crippen LogP contribution in [0, 0.1) is 5.82 Å². The van der Waals surface area contributed by atoms with Crippen molar-refractivity contribution in [3.8, 4) is 0 Å². The summed E-state index contributed by atoms with van der Waals surface area (Å²) in [4.78, 5) is 19.8. The third-order valence-corrected chi connectivity index (χ3v) is 6.82. The lowest BCUT2D eigenvalue weighted by Gasteiger charge is -2.23. The molecule has 1 aliphatic carbocycles. The fourth-order valence-corrected chi connectivity index (χ4v) is 5.36. The number of benzene rings is 1. The zero-order valence-electron chi connectivity index (χ0n) is 16.6. The summed E-state index contributed by atoms with van der Waals surface area (Å²) in [5, 5.41) is 8.59. The average molecular weight is 424 g/mol. The molecule has 0 aliphatic heterocycles. The molecule has 6 nitrogen and oxygen atoms in total. The Morgan fingerprint density at radius 1 is 1.27 bits per heavy atom. The van der Waals surface area contributed by atoms with Crippen molar-refractivity contribution in [1.82, 2.24) is 24.6 Å². The molecule has 1 aliphatic rings. The van der Waals surface area contributed by atoms with Gasteiger partial charge < -0.3 is 5.32 Å². The molecule has 3 aromatic heterocycles. The maximum atomic E-state index is 13.2. The molecule has 1 N–H and O–H groups in total. The summed E-state index contributed by atoms with van der Waals surface area (Å²) in [6, 6.07) is 6.61. The van der Waals surface area contributed by atoms with Crippen molar-refractivity contribution in [3.05, 3.63) is 80.7 Å². The van der Waals surface area contributed by atoms with E-state index in [4.69, 9.17) is 0 Å². The Kier molecular flexibility index (Phi) is 4.96. The number of hydrogen-bond donors (Lipinski definition) is 1. The van der Waals surface area contributed by atoms with E-state index in [0.717, 1.165) is 47.2 Å². The van der Waals surface area contributed by atoms with E-state index in [2.05, 4.69) is 15.4 Å². The summed E-state index contributed by atoms with van der Waals surface area (Å²) in [7, 11) is 1.92. The van der Waals surface area contributed by atoms with Gasteiger partial charge in [0.05, 0.1) is 24.5 Å². The molecule has 30 heavy (non-hydrogen) atoms. The van der Waals surface area contributed by atoms with Gasteiger partial charge >= 0.3 is 0 Å². The molecule has 5 rings (SSSR count). The van der Waals surface area contributed by atoms with Crippen LogP contribution in [0.3, 0.4) is 0 Å². The predicted molar refractivity (Wildman–Crippen MR) is 115 cm³/mol. The molecule has 1 atom stereocenters. The van der Waals surface area contributed by atoms with Crippen molar-refractivity contribution in [3.63, 3.8) is 0 Å². The third kappa shape index (κ3) is 3.68. The van der Waals surface area contributed by atoms with E-state index in [9.17, 15) is 9.18 Å². The Bertz CT molecular complexity index is 1260. The number of aryl methyl sites for hydroxylation is 2. The molecule has 0 fully saturated rings. The van der Waals surface area contributed by atoms with Gasteiger partial charge in [-0.1, -0.05) is 12.1 Å². The van der Waals surface area contributed by atoms with E-state index in [1.165, 1.54) is 22.6 Å². The Balaban J connectivity index is 1.37. The molecule has 1 unspecified atom stereocenters. The highest BCUT2D eigenvalue weighted by Gasteiger charge is 2.25. The van der Waals surface area contributed by atoms with Crippen LogP contribution in [0.15, 0.2) is 47.8 Å². The quantitative estimate of drug-likeness (QED) is 0.536. The second-order valence-electron chi connectivity index (χ2n) is 7.83. The van der Waals surface area contributed by atoms with Crippen molar-refractivity contribution in [2.75, 3.05) is 0 Å². The van der Waals surface area contributed by atoms with Gasteiger partial charge in [0.1, 0.15) is 10.6 Å². The summed E-state index contributed by atoms with van der Waals surface area (Å²) in [6.07, 6.45) is 8.29. The predicted octanol–water partition coefficient (Wildman–Crippen LogP) is 3.03. The van der Waals surface area contributed by atoms with Crippen molar-refractivity contribution in [2.45, 2.75) is 38.4 Å². The molecule has 0 saturated carbocycles. The molecular weight excluding hydrogens is 401 g/mol. The monoisotopic (exact) mass is 423 g/mol. The topological polar surface area (TPSA) is 64.7 Å². The number of nitrogens with one attached hydrogen (secondary N) is 1. The Morgan fingerprint density at radius 3 is 2.87 bits per heavy atom. The molecule has 154 valence electrons. The van der Waals surface area contributed by atoms with Crippen LogP contribution in [-0.4, -0.2) is 25.4 Å². The number of hydrogen-bond acceptors (Lipinski definition) is 5. The van der Waals surface area contributed by atoms with Gasteiger partial charge in [0, 0.05) is 36.3 Å². The Hall–Kier alpha value is -2.84. The number of thiophene rings is 1. The van der Waals surface area contributed by atoms with Crippen LogP contribution >= 0.6 is 11.3 Å². The molecule has 4 aromatic rings. The van der Waals surface area contributed by atoms with Crippen molar-refractivity contribution in [1.29, 1.82) is 0 Å². The van der Waals surface area contributed by atoms with Crippen LogP contribution in [0.4, 0.5) is 4.39 Å². The zero-order valence-corrected chi connectivity index (χ0v) is 17.5. The maximum absolute atomic E-state index is 13.2. The summed E-state index contributed by atoms with van der Waals surface area (Å²) in [6.45, 7) is 1.18. The second kappa shape index (κ2) is 7.77. The van der Waals surface area contributed by atoms with Gasteiger partial charge in [-0.2, -0.15) is 5.10 Å². The van der Waals surface area contributed by atoms with Gasteiger partial charge in [0.2, 0.25) is 0 Å². The summed E-state index contributed by atoms with van der Waals surface area (Å²) in [5.41, 5.74) is 3.19. The van der Waals surface area contributed by atoms with Crippen LogP contribution in [-0.2, 0) is 33.0 Å². The fraction of sp³-hybridized carbons (Fsp3) is 0.318. The molecule has 3 heterocycles. The first-order valence-electron chi connectivity index (χ1n) is 10.0. The maximum Gasteiger partial charge on any atom is 0.262 e.